The van der Waals surface area contributed by atoms with E-state index in [0.717, 1.165) is 19.4 Å². The fourth-order valence-corrected chi connectivity index (χ4v) is 3.72. The molecule has 1 aromatic rings. The van der Waals surface area contributed by atoms with Crippen LogP contribution in [0.5, 0.6) is 0 Å². The molecule has 0 aliphatic carbocycles. The number of carbonyl (C=O) groups excluding carboxylic acids is 2. The van der Waals surface area contributed by atoms with Crippen LogP contribution in [0.4, 0.5) is 0 Å². The smallest absolute Gasteiger partial charge is 0.261 e. The quantitative estimate of drug-likeness (QED) is 0.892. The summed E-state index contributed by atoms with van der Waals surface area (Å²) in [6.45, 7) is 7.87. The van der Waals surface area contributed by atoms with Crippen LogP contribution < -0.4 is 11.1 Å². The van der Waals surface area contributed by atoms with Crippen molar-refractivity contribution >= 4 is 23.2 Å². The first-order valence-electron chi connectivity index (χ1n) is 7.57. The van der Waals surface area contributed by atoms with Gasteiger partial charge in [-0.15, -0.1) is 11.3 Å². The van der Waals surface area contributed by atoms with Crippen molar-refractivity contribution in [1.82, 2.24) is 5.32 Å². The van der Waals surface area contributed by atoms with E-state index in [1.807, 2.05) is 0 Å². The molecule has 0 unspecified atom stereocenters. The van der Waals surface area contributed by atoms with Crippen LogP contribution in [0.15, 0.2) is 11.4 Å². The Kier molecular flexibility index (Phi) is 5.24. The molecular weight excluding hydrogens is 300 g/mol. The maximum absolute atomic E-state index is 12.2. The van der Waals surface area contributed by atoms with E-state index in [9.17, 15) is 9.59 Å². The lowest BCUT2D eigenvalue weighted by Gasteiger charge is -2.40. The molecule has 0 bridgehead atoms. The van der Waals surface area contributed by atoms with Crippen LogP contribution in [0.25, 0.3) is 0 Å². The molecule has 1 saturated heterocycles. The molecule has 0 aromatic carbocycles. The minimum absolute atomic E-state index is 0.0535. The van der Waals surface area contributed by atoms with Gasteiger partial charge in [0.25, 0.3) is 5.91 Å². The van der Waals surface area contributed by atoms with Crippen molar-refractivity contribution in [3.63, 3.8) is 0 Å². The highest BCUT2D eigenvalue weighted by molar-refractivity contribution is 7.12. The number of ether oxygens (including phenoxy) is 1. The van der Waals surface area contributed by atoms with Gasteiger partial charge < -0.3 is 15.8 Å². The van der Waals surface area contributed by atoms with Crippen molar-refractivity contribution in [2.75, 3.05) is 13.2 Å². The lowest BCUT2D eigenvalue weighted by atomic mass is 9.78. The number of thiophene rings is 1. The third-order valence-corrected chi connectivity index (χ3v) is 4.86. The molecule has 6 heteroatoms. The number of rotatable bonds is 4. The van der Waals surface area contributed by atoms with Crippen molar-refractivity contribution in [2.45, 2.75) is 39.7 Å². The van der Waals surface area contributed by atoms with Crippen LogP contribution in [-0.2, 0) is 4.74 Å². The predicted molar refractivity (Wildman–Crippen MR) is 87.1 cm³/mol. The minimum Gasteiger partial charge on any atom is -0.377 e. The Morgan fingerprint density at radius 2 is 2.18 bits per heavy atom. The van der Waals surface area contributed by atoms with E-state index in [2.05, 4.69) is 26.1 Å². The van der Waals surface area contributed by atoms with Gasteiger partial charge in [0, 0.05) is 24.4 Å². The maximum atomic E-state index is 12.2. The van der Waals surface area contributed by atoms with Crippen LogP contribution in [-0.4, -0.2) is 31.1 Å². The Hall–Kier alpha value is -1.40. The molecule has 0 radical (unpaired) electrons. The first-order valence-corrected chi connectivity index (χ1v) is 8.45. The molecule has 122 valence electrons. The number of nitrogens with two attached hydrogens (primary N) is 1. The number of hydrogen-bond acceptors (Lipinski definition) is 4. The zero-order chi connectivity index (χ0) is 16.3. The summed E-state index contributed by atoms with van der Waals surface area (Å²) in [7, 11) is 0. The summed E-state index contributed by atoms with van der Waals surface area (Å²) >= 11 is 1.23. The molecule has 2 amide bonds. The van der Waals surface area contributed by atoms with Crippen LogP contribution in [0.3, 0.4) is 0 Å². The highest BCUT2D eigenvalue weighted by atomic mass is 32.1. The van der Waals surface area contributed by atoms with E-state index in [1.165, 1.54) is 11.3 Å². The lowest BCUT2D eigenvalue weighted by molar-refractivity contribution is -0.0839. The van der Waals surface area contributed by atoms with Crippen LogP contribution in [0.1, 0.15) is 53.6 Å². The molecule has 2 rings (SSSR count). The van der Waals surface area contributed by atoms with Gasteiger partial charge in [-0.05, 0) is 24.3 Å². The van der Waals surface area contributed by atoms with E-state index in [1.54, 1.807) is 11.4 Å². The summed E-state index contributed by atoms with van der Waals surface area (Å²) < 4.78 is 5.92. The Morgan fingerprint density at radius 1 is 1.45 bits per heavy atom. The number of primary amides is 1. The largest absolute Gasteiger partial charge is 0.377 e. The van der Waals surface area contributed by atoms with E-state index < -0.39 is 5.91 Å². The zero-order valence-electron chi connectivity index (χ0n) is 13.3. The second-order valence-electron chi connectivity index (χ2n) is 6.83. The van der Waals surface area contributed by atoms with Gasteiger partial charge in [0.15, 0.2) is 0 Å². The Balaban J connectivity index is 1.95. The van der Waals surface area contributed by atoms with E-state index in [-0.39, 0.29) is 17.4 Å². The maximum Gasteiger partial charge on any atom is 0.261 e. The SMILES string of the molecule is CC(C)(C)[C@H]1OCCC[C@H]1CNC(=O)c1cc(C(N)=O)cs1. The number of nitrogens with one attached hydrogen (secondary N) is 1. The van der Waals surface area contributed by atoms with Crippen molar-refractivity contribution in [3.8, 4) is 0 Å². The molecule has 1 aliphatic rings. The summed E-state index contributed by atoms with van der Waals surface area (Å²) in [6.07, 6.45) is 2.22. The van der Waals surface area contributed by atoms with Crippen LogP contribution >= 0.6 is 11.3 Å². The molecule has 1 aliphatic heterocycles. The van der Waals surface area contributed by atoms with Gasteiger partial charge >= 0.3 is 0 Å². The van der Waals surface area contributed by atoms with Gasteiger partial charge in [0.05, 0.1) is 16.5 Å². The fraction of sp³-hybridized carbons (Fsp3) is 0.625. The molecule has 2 atom stereocenters. The van der Waals surface area contributed by atoms with Gasteiger partial charge in [0.1, 0.15) is 0 Å². The molecule has 2 heterocycles. The number of carbonyl (C=O) groups is 2. The molecule has 1 fully saturated rings. The fourth-order valence-electron chi connectivity index (χ4n) is 2.90. The topological polar surface area (TPSA) is 81.4 Å². The summed E-state index contributed by atoms with van der Waals surface area (Å²) in [5.41, 5.74) is 5.64. The summed E-state index contributed by atoms with van der Waals surface area (Å²) in [4.78, 5) is 23.8. The second-order valence-corrected chi connectivity index (χ2v) is 7.74. The second kappa shape index (κ2) is 6.79. The summed E-state index contributed by atoms with van der Waals surface area (Å²) in [6, 6.07) is 1.54. The lowest BCUT2D eigenvalue weighted by Crippen LogP contribution is -2.45. The van der Waals surface area contributed by atoms with E-state index in [4.69, 9.17) is 10.5 Å². The van der Waals surface area contributed by atoms with Crippen molar-refractivity contribution < 1.29 is 14.3 Å². The normalized spacial score (nSPS) is 22.3. The molecule has 5 nitrogen and oxygen atoms in total. The van der Waals surface area contributed by atoms with E-state index >= 15 is 0 Å². The van der Waals surface area contributed by atoms with Crippen LogP contribution in [0.2, 0.25) is 0 Å². The van der Waals surface area contributed by atoms with Gasteiger partial charge in [0.2, 0.25) is 5.91 Å². The Labute approximate surface area is 135 Å². The minimum atomic E-state index is -0.510. The van der Waals surface area contributed by atoms with E-state index in [0.29, 0.717) is 22.9 Å². The van der Waals surface area contributed by atoms with Crippen LogP contribution in [0, 0.1) is 11.3 Å². The third-order valence-electron chi connectivity index (χ3n) is 3.93. The first kappa shape index (κ1) is 17.0. The van der Waals surface area contributed by atoms with Gasteiger partial charge in [-0.1, -0.05) is 20.8 Å². The molecule has 22 heavy (non-hydrogen) atoms. The van der Waals surface area contributed by atoms with Gasteiger partial charge in [-0.3, -0.25) is 9.59 Å². The number of amides is 2. The Morgan fingerprint density at radius 3 is 2.77 bits per heavy atom. The predicted octanol–water partition coefficient (Wildman–Crippen LogP) is 2.42. The third kappa shape index (κ3) is 4.08. The zero-order valence-corrected chi connectivity index (χ0v) is 14.2. The number of hydrogen-bond donors (Lipinski definition) is 2. The highest BCUT2D eigenvalue weighted by Crippen LogP contribution is 2.33. The first-order chi connectivity index (χ1) is 10.3. The highest BCUT2D eigenvalue weighted by Gasteiger charge is 2.35. The summed E-state index contributed by atoms with van der Waals surface area (Å²) in [5.74, 6) is -0.354. The molecular formula is C16H24N2O3S. The average molecular weight is 324 g/mol. The van der Waals surface area contributed by atoms with Crippen molar-refractivity contribution in [1.29, 1.82) is 0 Å². The van der Waals surface area contributed by atoms with Crippen molar-refractivity contribution in [3.05, 3.63) is 21.9 Å². The molecule has 0 spiro atoms. The molecule has 3 N–H and O–H groups in total. The van der Waals surface area contributed by atoms with Gasteiger partial charge in [-0.25, -0.2) is 0 Å². The molecule has 0 saturated carbocycles. The molecule has 1 aromatic heterocycles. The standard InChI is InChI=1S/C16H24N2O3S/c1-16(2,3)13-10(5-4-6-21-13)8-18-15(20)12-7-11(9-22-12)14(17)19/h7,9-10,13H,4-6,8H2,1-3H3,(H2,17,19)(H,18,20)/t10-,13-/m0/s1. The summed E-state index contributed by atoms with van der Waals surface area (Å²) in [5, 5.41) is 4.57. The monoisotopic (exact) mass is 324 g/mol. The average Bonchev–Trinajstić information content (AvgIpc) is 2.94. The Bertz CT molecular complexity index is 548. The van der Waals surface area contributed by atoms with Crippen molar-refractivity contribution in [2.24, 2.45) is 17.1 Å². The van der Waals surface area contributed by atoms with Gasteiger partial charge in [-0.2, -0.15) is 0 Å².